The lowest BCUT2D eigenvalue weighted by atomic mass is 10.0. The molecule has 1 unspecified atom stereocenters. The number of carbonyl (C=O) groups excluding carboxylic acids is 1. The third-order valence-electron chi connectivity index (χ3n) is 6.72. The first-order chi connectivity index (χ1) is 19.7. The van der Waals surface area contributed by atoms with Gasteiger partial charge in [0.15, 0.2) is 5.78 Å². The third kappa shape index (κ3) is 6.18. The van der Waals surface area contributed by atoms with Gasteiger partial charge in [-0.25, -0.2) is 14.4 Å². The Morgan fingerprint density at radius 3 is 2.63 bits per heavy atom. The summed E-state index contributed by atoms with van der Waals surface area (Å²) in [7, 11) is 0. The largest absolute Gasteiger partial charge is 0.493 e. The van der Waals surface area contributed by atoms with E-state index in [4.69, 9.17) is 9.72 Å². The van der Waals surface area contributed by atoms with Gasteiger partial charge in [-0.05, 0) is 54.4 Å². The number of halogens is 1. The average Bonchev–Trinajstić information content (AvgIpc) is 3.35. The molecule has 3 N–H and O–H groups in total. The van der Waals surface area contributed by atoms with Gasteiger partial charge in [0.05, 0.1) is 40.4 Å². The first-order valence-corrected chi connectivity index (χ1v) is 13.6. The molecular weight excluding hydrogens is 525 g/mol. The van der Waals surface area contributed by atoms with Crippen molar-refractivity contribution in [3.05, 3.63) is 88.2 Å². The van der Waals surface area contributed by atoms with Crippen LogP contribution < -0.4 is 15.6 Å². The standard InChI is InChI=1S/C31H32FN5O4/c1-4-11-41-28-10-7-20(29(39)27(38)15-33-18(2)3)12-23(28)30-35-24-14-25-26(13-22(24)31(40)36-30)37(17-34-25)16-19-5-8-21(32)9-6-19/h5-10,12-14,17-18,27,33,38H,4,11,15-16H2,1-3H3,(H,35,36,40). The van der Waals surface area contributed by atoms with Crippen LogP contribution >= 0.6 is 0 Å². The van der Waals surface area contributed by atoms with E-state index in [1.54, 1.807) is 48.8 Å². The Morgan fingerprint density at radius 1 is 1.12 bits per heavy atom. The van der Waals surface area contributed by atoms with E-state index in [9.17, 15) is 19.1 Å². The van der Waals surface area contributed by atoms with Crippen LogP contribution in [-0.2, 0) is 6.54 Å². The van der Waals surface area contributed by atoms with Gasteiger partial charge in [-0.15, -0.1) is 0 Å². The van der Waals surface area contributed by atoms with Gasteiger partial charge in [-0.2, -0.15) is 0 Å². The minimum atomic E-state index is -1.23. The molecule has 10 heteroatoms. The lowest BCUT2D eigenvalue weighted by Gasteiger charge is -2.15. The van der Waals surface area contributed by atoms with Gasteiger partial charge >= 0.3 is 0 Å². The number of benzene rings is 3. The highest BCUT2D eigenvalue weighted by atomic mass is 19.1. The third-order valence-corrected chi connectivity index (χ3v) is 6.72. The fourth-order valence-corrected chi connectivity index (χ4v) is 4.57. The molecule has 0 amide bonds. The van der Waals surface area contributed by atoms with Crippen LogP contribution in [0.4, 0.5) is 4.39 Å². The molecule has 0 spiro atoms. The summed E-state index contributed by atoms with van der Waals surface area (Å²) < 4.78 is 21.1. The highest BCUT2D eigenvalue weighted by molar-refractivity contribution is 6.01. The summed E-state index contributed by atoms with van der Waals surface area (Å²) in [5, 5.41) is 13.9. The number of rotatable bonds is 11. The van der Waals surface area contributed by atoms with Crippen LogP contribution in [0.25, 0.3) is 33.3 Å². The number of ketones is 1. The Balaban J connectivity index is 1.54. The summed E-state index contributed by atoms with van der Waals surface area (Å²) in [6.45, 7) is 6.86. The Labute approximate surface area is 236 Å². The van der Waals surface area contributed by atoms with Crippen molar-refractivity contribution in [2.24, 2.45) is 0 Å². The van der Waals surface area contributed by atoms with Gasteiger partial charge < -0.3 is 24.7 Å². The highest BCUT2D eigenvalue weighted by Gasteiger charge is 2.21. The zero-order chi connectivity index (χ0) is 29.1. The number of imidazole rings is 1. The van der Waals surface area contributed by atoms with Crippen molar-refractivity contribution in [1.29, 1.82) is 0 Å². The number of aromatic amines is 1. The van der Waals surface area contributed by atoms with Crippen molar-refractivity contribution in [2.45, 2.75) is 45.9 Å². The second-order valence-corrected chi connectivity index (χ2v) is 10.3. The van der Waals surface area contributed by atoms with Crippen LogP contribution in [0, 0.1) is 5.82 Å². The van der Waals surface area contributed by atoms with E-state index in [0.29, 0.717) is 40.9 Å². The summed E-state index contributed by atoms with van der Waals surface area (Å²) in [5.74, 6) is -0.0485. The molecule has 3 aromatic carbocycles. The number of Topliss-reactive ketones (excluding diaryl/α,β-unsaturated/α-hetero) is 1. The Morgan fingerprint density at radius 2 is 1.90 bits per heavy atom. The number of carbonyl (C=O) groups is 1. The molecule has 9 nitrogen and oxygen atoms in total. The minimum Gasteiger partial charge on any atom is -0.493 e. The van der Waals surface area contributed by atoms with Crippen LogP contribution in [0.2, 0.25) is 0 Å². The summed E-state index contributed by atoms with van der Waals surface area (Å²) in [6.07, 6.45) is 1.21. The Hall–Kier alpha value is -4.41. The molecule has 41 heavy (non-hydrogen) atoms. The van der Waals surface area contributed by atoms with E-state index in [1.165, 1.54) is 12.1 Å². The number of ether oxygens (including phenoxy) is 1. The van der Waals surface area contributed by atoms with Gasteiger partial charge in [-0.3, -0.25) is 9.59 Å². The molecule has 0 saturated heterocycles. The number of fused-ring (bicyclic) bond motifs is 2. The highest BCUT2D eigenvalue weighted by Crippen LogP contribution is 2.30. The van der Waals surface area contributed by atoms with E-state index < -0.39 is 11.9 Å². The van der Waals surface area contributed by atoms with Crippen LogP contribution in [-0.4, -0.2) is 55.7 Å². The smallest absolute Gasteiger partial charge is 0.259 e. The van der Waals surface area contributed by atoms with E-state index >= 15 is 0 Å². The maximum Gasteiger partial charge on any atom is 0.259 e. The summed E-state index contributed by atoms with van der Waals surface area (Å²) in [5.41, 5.74) is 3.07. The molecule has 212 valence electrons. The number of nitrogens with one attached hydrogen (secondary N) is 2. The minimum absolute atomic E-state index is 0.116. The van der Waals surface area contributed by atoms with Crippen molar-refractivity contribution < 1.29 is 19.0 Å². The lowest BCUT2D eigenvalue weighted by molar-refractivity contribution is 0.0743. The number of aliphatic hydroxyl groups is 1. The second-order valence-electron chi connectivity index (χ2n) is 10.3. The fraction of sp³-hybridized carbons (Fsp3) is 0.290. The number of aromatic nitrogens is 4. The van der Waals surface area contributed by atoms with Crippen molar-refractivity contribution >= 4 is 27.7 Å². The van der Waals surface area contributed by atoms with E-state index in [-0.39, 0.29) is 35.4 Å². The van der Waals surface area contributed by atoms with Gasteiger partial charge in [0.1, 0.15) is 23.5 Å². The summed E-state index contributed by atoms with van der Waals surface area (Å²) >= 11 is 0. The zero-order valence-electron chi connectivity index (χ0n) is 23.1. The number of hydrogen-bond donors (Lipinski definition) is 3. The number of nitrogens with zero attached hydrogens (tertiary/aromatic N) is 3. The molecule has 1 atom stereocenters. The first kappa shape index (κ1) is 28.1. The summed E-state index contributed by atoms with van der Waals surface area (Å²) in [4.78, 5) is 38.4. The van der Waals surface area contributed by atoms with Crippen LogP contribution in [0.3, 0.4) is 0 Å². The molecule has 0 fully saturated rings. The topological polar surface area (TPSA) is 122 Å². The van der Waals surface area contributed by atoms with Gasteiger partial charge in [0.25, 0.3) is 5.56 Å². The summed E-state index contributed by atoms with van der Waals surface area (Å²) in [6, 6.07) is 14.7. The van der Waals surface area contributed by atoms with Gasteiger partial charge in [-0.1, -0.05) is 32.9 Å². The number of aliphatic hydroxyl groups excluding tert-OH is 1. The monoisotopic (exact) mass is 557 g/mol. The molecule has 2 heterocycles. The number of H-pyrrole nitrogens is 1. The SMILES string of the molecule is CCCOc1ccc(C(=O)C(O)CNC(C)C)cc1-c1nc2cc3ncn(Cc4ccc(F)cc4)c3cc2c(=O)[nH]1. The molecule has 0 bridgehead atoms. The molecule has 5 rings (SSSR count). The maximum absolute atomic E-state index is 13.3. The van der Waals surface area contributed by atoms with Crippen molar-refractivity contribution in [3.63, 3.8) is 0 Å². The lowest BCUT2D eigenvalue weighted by Crippen LogP contribution is -2.36. The molecule has 2 aromatic heterocycles. The van der Waals surface area contributed by atoms with Crippen LogP contribution in [0.5, 0.6) is 5.75 Å². The molecule has 0 radical (unpaired) electrons. The van der Waals surface area contributed by atoms with Crippen molar-refractivity contribution in [2.75, 3.05) is 13.2 Å². The van der Waals surface area contributed by atoms with E-state index in [1.807, 2.05) is 25.3 Å². The first-order valence-electron chi connectivity index (χ1n) is 13.6. The molecule has 0 saturated carbocycles. The molecule has 0 aliphatic carbocycles. The fourth-order valence-electron chi connectivity index (χ4n) is 4.57. The molecule has 0 aliphatic heterocycles. The predicted octanol–water partition coefficient (Wildman–Crippen LogP) is 4.46. The quantitative estimate of drug-likeness (QED) is 0.205. The second kappa shape index (κ2) is 12.0. The van der Waals surface area contributed by atoms with Crippen LogP contribution in [0.1, 0.15) is 43.1 Å². The molecular formula is C31H32FN5O4. The number of hydrogen-bond acceptors (Lipinski definition) is 7. The Kier molecular flexibility index (Phi) is 8.23. The normalized spacial score (nSPS) is 12.3. The van der Waals surface area contributed by atoms with Gasteiger partial charge in [0, 0.05) is 24.7 Å². The van der Waals surface area contributed by atoms with E-state index in [0.717, 1.165) is 17.5 Å². The van der Waals surface area contributed by atoms with E-state index in [2.05, 4.69) is 15.3 Å². The average molecular weight is 558 g/mol. The Bertz CT molecular complexity index is 1760. The maximum atomic E-state index is 13.3. The molecule has 5 aromatic rings. The van der Waals surface area contributed by atoms with Crippen molar-refractivity contribution in [1.82, 2.24) is 24.8 Å². The zero-order valence-corrected chi connectivity index (χ0v) is 23.1. The molecule has 0 aliphatic rings. The van der Waals surface area contributed by atoms with Crippen LogP contribution in [0.15, 0.2) is 65.7 Å². The van der Waals surface area contributed by atoms with Crippen molar-refractivity contribution in [3.8, 4) is 17.1 Å². The predicted molar refractivity (Wildman–Crippen MR) is 156 cm³/mol. The van der Waals surface area contributed by atoms with Gasteiger partial charge in [0.2, 0.25) is 0 Å².